The van der Waals surface area contributed by atoms with E-state index >= 15 is 0 Å². The van der Waals surface area contributed by atoms with Gasteiger partial charge in [0.25, 0.3) is 0 Å². The van der Waals surface area contributed by atoms with Crippen LogP contribution in [-0.2, 0) is 14.3 Å². The van der Waals surface area contributed by atoms with E-state index in [9.17, 15) is 4.79 Å². The molecule has 84 valence electrons. The Kier molecular flexibility index (Phi) is 2.15. The van der Waals surface area contributed by atoms with Gasteiger partial charge in [0.2, 0.25) is 0 Å². The van der Waals surface area contributed by atoms with Gasteiger partial charge in [-0.3, -0.25) is 4.79 Å². The molecule has 1 heterocycles. The third kappa shape index (κ3) is 1.29. The molecule has 0 aromatic heterocycles. The van der Waals surface area contributed by atoms with Crippen LogP contribution < -0.4 is 0 Å². The van der Waals surface area contributed by atoms with Crippen molar-refractivity contribution in [2.24, 2.45) is 5.41 Å². The number of fused-ring (bicyclic) bond motifs is 1. The molecule has 15 heavy (non-hydrogen) atoms. The van der Waals surface area contributed by atoms with Crippen LogP contribution in [0.5, 0.6) is 0 Å². The van der Waals surface area contributed by atoms with Crippen LogP contribution in [0.3, 0.4) is 0 Å². The molecule has 1 atom stereocenters. The molecule has 0 amide bonds. The first-order chi connectivity index (χ1) is 7.27. The van der Waals surface area contributed by atoms with Crippen LogP contribution in [0.15, 0.2) is 0 Å². The van der Waals surface area contributed by atoms with Crippen LogP contribution in [0.2, 0.25) is 0 Å². The van der Waals surface area contributed by atoms with E-state index in [0.29, 0.717) is 25.4 Å². The minimum absolute atomic E-state index is 0.0266. The van der Waals surface area contributed by atoms with E-state index < -0.39 is 5.79 Å². The normalized spacial score (nSPS) is 39.3. The van der Waals surface area contributed by atoms with Gasteiger partial charge in [0.15, 0.2) is 5.79 Å². The van der Waals surface area contributed by atoms with Crippen LogP contribution >= 0.6 is 0 Å². The van der Waals surface area contributed by atoms with Crippen molar-refractivity contribution in [2.75, 3.05) is 13.2 Å². The topological polar surface area (TPSA) is 35.5 Å². The summed E-state index contributed by atoms with van der Waals surface area (Å²) in [5.74, 6) is 0.00704. The molecule has 3 rings (SSSR count). The summed E-state index contributed by atoms with van der Waals surface area (Å²) in [5, 5.41) is 0. The highest BCUT2D eigenvalue weighted by atomic mass is 16.7. The summed E-state index contributed by atoms with van der Waals surface area (Å²) in [6, 6.07) is 0. The highest BCUT2D eigenvalue weighted by Crippen LogP contribution is 2.56. The predicted molar refractivity (Wildman–Crippen MR) is 54.4 cm³/mol. The van der Waals surface area contributed by atoms with E-state index in [-0.39, 0.29) is 5.41 Å². The van der Waals surface area contributed by atoms with Crippen LogP contribution in [0, 0.1) is 5.41 Å². The highest BCUT2D eigenvalue weighted by molar-refractivity contribution is 5.81. The van der Waals surface area contributed by atoms with Gasteiger partial charge in [-0.1, -0.05) is 6.42 Å². The molecule has 3 heteroatoms. The number of rotatable bonds is 0. The first-order valence-corrected chi connectivity index (χ1v) is 6.06. The lowest BCUT2D eigenvalue weighted by molar-refractivity contribution is -0.254. The molecular weight excluding hydrogens is 192 g/mol. The van der Waals surface area contributed by atoms with E-state index in [1.165, 1.54) is 12.8 Å². The molecular formula is C12H18O3. The van der Waals surface area contributed by atoms with Crippen LogP contribution in [0.4, 0.5) is 0 Å². The molecule has 0 aromatic carbocycles. The van der Waals surface area contributed by atoms with Gasteiger partial charge in [-0.25, -0.2) is 0 Å². The van der Waals surface area contributed by atoms with Crippen molar-refractivity contribution < 1.29 is 14.3 Å². The molecule has 3 fully saturated rings. The molecule has 3 nitrogen and oxygen atoms in total. The Balaban J connectivity index is 1.93. The Labute approximate surface area is 90.1 Å². The second kappa shape index (κ2) is 3.29. The quantitative estimate of drug-likeness (QED) is 0.613. The Bertz CT molecular complexity index is 281. The van der Waals surface area contributed by atoms with Gasteiger partial charge in [-0.2, -0.15) is 0 Å². The van der Waals surface area contributed by atoms with Crippen molar-refractivity contribution in [2.45, 2.75) is 50.7 Å². The highest BCUT2D eigenvalue weighted by Gasteiger charge is 2.59. The van der Waals surface area contributed by atoms with Crippen LogP contribution in [-0.4, -0.2) is 24.8 Å². The Morgan fingerprint density at radius 1 is 1.00 bits per heavy atom. The minimum atomic E-state index is -0.391. The molecule has 0 radical (unpaired) electrons. The van der Waals surface area contributed by atoms with Crippen molar-refractivity contribution in [3.63, 3.8) is 0 Å². The number of ketones is 1. The monoisotopic (exact) mass is 210 g/mol. The van der Waals surface area contributed by atoms with Gasteiger partial charge in [-0.15, -0.1) is 0 Å². The Morgan fingerprint density at radius 3 is 2.40 bits per heavy atom. The zero-order chi connectivity index (χ0) is 10.4. The van der Waals surface area contributed by atoms with Crippen LogP contribution in [0.25, 0.3) is 0 Å². The van der Waals surface area contributed by atoms with Crippen molar-refractivity contribution in [3.05, 3.63) is 0 Å². The lowest BCUT2D eigenvalue weighted by Crippen LogP contribution is -2.50. The second-order valence-electron chi connectivity index (χ2n) is 5.15. The first kappa shape index (κ1) is 9.79. The van der Waals surface area contributed by atoms with Gasteiger partial charge in [-0.05, 0) is 19.3 Å². The first-order valence-electron chi connectivity index (χ1n) is 6.06. The standard InChI is InChI=1S/C12H18O3/c13-10-3-6-11(9-10)4-1-2-5-12(11)14-7-8-15-12/h1-9H2. The molecule has 1 aliphatic heterocycles. The van der Waals surface area contributed by atoms with Gasteiger partial charge in [0, 0.05) is 24.7 Å². The number of carbonyl (C=O) groups is 1. The van der Waals surface area contributed by atoms with Crippen molar-refractivity contribution in [1.82, 2.24) is 0 Å². The van der Waals surface area contributed by atoms with Gasteiger partial charge < -0.3 is 9.47 Å². The maximum Gasteiger partial charge on any atom is 0.174 e. The van der Waals surface area contributed by atoms with Gasteiger partial charge in [0.05, 0.1) is 13.2 Å². The molecule has 0 N–H and O–H groups in total. The predicted octanol–water partition coefficient (Wildman–Crippen LogP) is 2.04. The summed E-state index contributed by atoms with van der Waals surface area (Å²) < 4.78 is 11.8. The fraction of sp³-hybridized carbons (Fsp3) is 0.917. The van der Waals surface area contributed by atoms with Gasteiger partial charge in [0.1, 0.15) is 5.78 Å². The fourth-order valence-electron chi connectivity index (χ4n) is 3.65. The molecule has 0 bridgehead atoms. The number of hydrogen-bond donors (Lipinski definition) is 0. The molecule has 0 aromatic rings. The minimum Gasteiger partial charge on any atom is -0.347 e. The van der Waals surface area contributed by atoms with Crippen molar-refractivity contribution >= 4 is 5.78 Å². The largest absolute Gasteiger partial charge is 0.347 e. The lowest BCUT2D eigenvalue weighted by atomic mass is 9.68. The number of hydrogen-bond acceptors (Lipinski definition) is 3. The van der Waals surface area contributed by atoms with Crippen molar-refractivity contribution in [3.8, 4) is 0 Å². The number of ether oxygens (including phenoxy) is 2. The van der Waals surface area contributed by atoms with E-state index in [2.05, 4.69) is 0 Å². The fourth-order valence-corrected chi connectivity index (χ4v) is 3.65. The Hall–Kier alpha value is -0.410. The third-order valence-electron chi connectivity index (χ3n) is 4.39. The summed E-state index contributed by atoms with van der Waals surface area (Å²) in [6.45, 7) is 1.41. The van der Waals surface area contributed by atoms with Gasteiger partial charge >= 0.3 is 0 Å². The third-order valence-corrected chi connectivity index (χ3v) is 4.39. The summed E-state index contributed by atoms with van der Waals surface area (Å²) in [4.78, 5) is 11.5. The number of Topliss-reactive ketones (excluding diaryl/α,β-unsaturated/α-hetero) is 1. The zero-order valence-corrected chi connectivity index (χ0v) is 9.09. The summed E-state index contributed by atoms with van der Waals surface area (Å²) in [5.41, 5.74) is 0.0266. The van der Waals surface area contributed by atoms with Crippen molar-refractivity contribution in [1.29, 1.82) is 0 Å². The number of carbonyl (C=O) groups excluding carboxylic acids is 1. The van der Waals surface area contributed by atoms with E-state index in [0.717, 1.165) is 25.7 Å². The Morgan fingerprint density at radius 2 is 1.73 bits per heavy atom. The summed E-state index contributed by atoms with van der Waals surface area (Å²) >= 11 is 0. The maximum atomic E-state index is 11.5. The van der Waals surface area contributed by atoms with Crippen LogP contribution in [0.1, 0.15) is 44.9 Å². The average Bonchev–Trinajstić information content (AvgIpc) is 2.81. The van der Waals surface area contributed by atoms with E-state index in [1.807, 2.05) is 0 Å². The lowest BCUT2D eigenvalue weighted by Gasteiger charge is -2.47. The molecule has 2 saturated carbocycles. The molecule has 1 saturated heterocycles. The summed E-state index contributed by atoms with van der Waals surface area (Å²) in [6.07, 6.45) is 6.89. The summed E-state index contributed by atoms with van der Waals surface area (Å²) in [7, 11) is 0. The second-order valence-corrected chi connectivity index (χ2v) is 5.15. The molecule has 1 unspecified atom stereocenters. The molecule has 3 aliphatic rings. The molecule has 2 spiro atoms. The zero-order valence-electron chi connectivity index (χ0n) is 9.09. The van der Waals surface area contributed by atoms with E-state index in [4.69, 9.17) is 9.47 Å². The smallest absolute Gasteiger partial charge is 0.174 e. The SMILES string of the molecule is O=C1CCC2(CCCCC23OCCO3)C1. The average molecular weight is 210 g/mol. The molecule has 2 aliphatic carbocycles. The van der Waals surface area contributed by atoms with E-state index in [1.54, 1.807) is 0 Å². The maximum absolute atomic E-state index is 11.5.